The average Bonchev–Trinajstić information content (AvgIpc) is 2.69. The zero-order valence-corrected chi connectivity index (χ0v) is 13.1. The van der Waals surface area contributed by atoms with E-state index in [1.807, 2.05) is 39.0 Å². The van der Waals surface area contributed by atoms with Gasteiger partial charge in [0.2, 0.25) is 11.8 Å². The van der Waals surface area contributed by atoms with Crippen LogP contribution in [0.15, 0.2) is 24.4 Å². The molecule has 4 heteroatoms. The van der Waals surface area contributed by atoms with E-state index in [1.54, 1.807) is 6.20 Å². The van der Waals surface area contributed by atoms with Crippen LogP contribution in [-0.2, 0) is 4.79 Å². The fourth-order valence-corrected chi connectivity index (χ4v) is 3.53. The van der Waals surface area contributed by atoms with Crippen molar-refractivity contribution in [1.82, 2.24) is 9.88 Å². The minimum atomic E-state index is -0.296. The number of aromatic nitrogens is 1. The summed E-state index contributed by atoms with van der Waals surface area (Å²) >= 11 is 0. The SMILES string of the molecule is CC(C)(C)C(=O)N1C2CCC1CC(Oc1ccccn1)C2. The van der Waals surface area contributed by atoms with Gasteiger partial charge in [0.05, 0.1) is 0 Å². The van der Waals surface area contributed by atoms with Gasteiger partial charge in [0.1, 0.15) is 6.10 Å². The predicted octanol–water partition coefficient (Wildman–Crippen LogP) is 3.03. The zero-order valence-electron chi connectivity index (χ0n) is 13.1. The van der Waals surface area contributed by atoms with Crippen molar-refractivity contribution < 1.29 is 9.53 Å². The topological polar surface area (TPSA) is 42.4 Å². The van der Waals surface area contributed by atoms with Crippen LogP contribution in [0.25, 0.3) is 0 Å². The molecule has 0 spiro atoms. The number of carbonyl (C=O) groups excluding carboxylic acids is 1. The van der Waals surface area contributed by atoms with E-state index >= 15 is 0 Å². The fourth-order valence-electron chi connectivity index (χ4n) is 3.53. The lowest BCUT2D eigenvalue weighted by Crippen LogP contribution is -2.52. The molecule has 1 aromatic heterocycles. The maximum absolute atomic E-state index is 12.6. The number of carbonyl (C=O) groups is 1. The summed E-state index contributed by atoms with van der Waals surface area (Å²) in [6.07, 6.45) is 6.00. The Morgan fingerprint density at radius 3 is 2.43 bits per heavy atom. The molecule has 2 aliphatic rings. The van der Waals surface area contributed by atoms with E-state index in [2.05, 4.69) is 9.88 Å². The second-order valence-corrected chi connectivity index (χ2v) is 7.23. The molecule has 3 heterocycles. The van der Waals surface area contributed by atoms with Gasteiger partial charge < -0.3 is 9.64 Å². The quantitative estimate of drug-likeness (QED) is 0.840. The van der Waals surface area contributed by atoms with Gasteiger partial charge in [-0.1, -0.05) is 26.8 Å². The van der Waals surface area contributed by atoms with E-state index in [0.29, 0.717) is 18.0 Å². The van der Waals surface area contributed by atoms with Crippen molar-refractivity contribution in [1.29, 1.82) is 0 Å². The van der Waals surface area contributed by atoms with Gasteiger partial charge in [0.25, 0.3) is 0 Å². The van der Waals surface area contributed by atoms with Crippen molar-refractivity contribution in [3.63, 3.8) is 0 Å². The van der Waals surface area contributed by atoms with Crippen LogP contribution in [0.5, 0.6) is 5.88 Å². The highest BCUT2D eigenvalue weighted by atomic mass is 16.5. The first-order valence-corrected chi connectivity index (χ1v) is 7.85. The molecule has 2 fully saturated rings. The summed E-state index contributed by atoms with van der Waals surface area (Å²) in [5.41, 5.74) is -0.296. The summed E-state index contributed by atoms with van der Waals surface area (Å²) < 4.78 is 6.00. The molecule has 2 saturated heterocycles. The first kappa shape index (κ1) is 14.4. The summed E-state index contributed by atoms with van der Waals surface area (Å²) in [5, 5.41) is 0. The Morgan fingerprint density at radius 1 is 1.24 bits per heavy atom. The molecule has 2 bridgehead atoms. The van der Waals surface area contributed by atoms with Gasteiger partial charge >= 0.3 is 0 Å². The Labute approximate surface area is 126 Å². The lowest BCUT2D eigenvalue weighted by molar-refractivity contribution is -0.145. The van der Waals surface area contributed by atoms with Gasteiger partial charge in [-0.3, -0.25) is 4.79 Å². The standard InChI is InChI=1S/C17H24N2O2/c1-17(2,3)16(20)19-12-7-8-13(19)11-14(10-12)21-15-6-4-5-9-18-15/h4-6,9,12-14H,7-8,10-11H2,1-3H3. The Kier molecular flexibility index (Phi) is 3.64. The third-order valence-electron chi connectivity index (χ3n) is 4.49. The highest BCUT2D eigenvalue weighted by Crippen LogP contribution is 2.39. The largest absolute Gasteiger partial charge is 0.474 e. The molecule has 114 valence electrons. The van der Waals surface area contributed by atoms with Crippen molar-refractivity contribution in [2.24, 2.45) is 5.41 Å². The maximum atomic E-state index is 12.6. The van der Waals surface area contributed by atoms with Gasteiger partial charge in [-0.25, -0.2) is 4.98 Å². The minimum absolute atomic E-state index is 0.182. The number of ether oxygens (including phenoxy) is 1. The summed E-state index contributed by atoms with van der Waals surface area (Å²) in [6, 6.07) is 6.40. The van der Waals surface area contributed by atoms with Gasteiger partial charge in [0.15, 0.2) is 0 Å². The lowest BCUT2D eigenvalue weighted by atomic mass is 9.90. The van der Waals surface area contributed by atoms with Crippen molar-refractivity contribution in [2.75, 3.05) is 0 Å². The van der Waals surface area contributed by atoms with E-state index in [4.69, 9.17) is 4.74 Å². The monoisotopic (exact) mass is 288 g/mol. The molecule has 21 heavy (non-hydrogen) atoms. The van der Waals surface area contributed by atoms with E-state index in [0.717, 1.165) is 25.7 Å². The van der Waals surface area contributed by atoms with E-state index in [-0.39, 0.29) is 17.4 Å². The van der Waals surface area contributed by atoms with Crippen LogP contribution in [0, 0.1) is 5.41 Å². The molecule has 4 nitrogen and oxygen atoms in total. The highest BCUT2D eigenvalue weighted by molar-refractivity contribution is 5.82. The summed E-state index contributed by atoms with van der Waals surface area (Å²) in [6.45, 7) is 6.02. The van der Waals surface area contributed by atoms with Gasteiger partial charge in [0, 0.05) is 42.6 Å². The summed E-state index contributed by atoms with van der Waals surface area (Å²) in [7, 11) is 0. The Bertz CT molecular complexity index is 495. The lowest BCUT2D eigenvalue weighted by Gasteiger charge is -2.41. The summed E-state index contributed by atoms with van der Waals surface area (Å²) in [4.78, 5) is 19.0. The van der Waals surface area contributed by atoms with E-state index in [9.17, 15) is 4.79 Å². The number of hydrogen-bond acceptors (Lipinski definition) is 3. The predicted molar refractivity (Wildman–Crippen MR) is 81.0 cm³/mol. The first-order chi connectivity index (χ1) is 9.95. The molecule has 1 aromatic rings. The highest BCUT2D eigenvalue weighted by Gasteiger charge is 2.46. The van der Waals surface area contributed by atoms with Crippen LogP contribution in [0.4, 0.5) is 0 Å². The Balaban J connectivity index is 1.68. The van der Waals surface area contributed by atoms with Crippen LogP contribution in [0.1, 0.15) is 46.5 Å². The van der Waals surface area contributed by atoms with E-state index < -0.39 is 0 Å². The normalized spacial score (nSPS) is 28.5. The molecule has 2 aliphatic heterocycles. The van der Waals surface area contributed by atoms with Crippen molar-refractivity contribution >= 4 is 5.91 Å². The molecule has 0 aromatic carbocycles. The average molecular weight is 288 g/mol. The third-order valence-corrected chi connectivity index (χ3v) is 4.49. The van der Waals surface area contributed by atoms with Gasteiger partial charge in [-0.2, -0.15) is 0 Å². The van der Waals surface area contributed by atoms with Gasteiger partial charge in [-0.05, 0) is 18.9 Å². The molecule has 0 saturated carbocycles. The Morgan fingerprint density at radius 2 is 1.90 bits per heavy atom. The maximum Gasteiger partial charge on any atom is 0.228 e. The fraction of sp³-hybridized carbons (Fsp3) is 0.647. The number of piperidine rings is 1. The first-order valence-electron chi connectivity index (χ1n) is 7.85. The second-order valence-electron chi connectivity index (χ2n) is 7.23. The molecule has 0 radical (unpaired) electrons. The second kappa shape index (κ2) is 5.32. The molecule has 3 rings (SSSR count). The molecule has 1 amide bonds. The zero-order chi connectivity index (χ0) is 15.0. The van der Waals surface area contributed by atoms with Crippen LogP contribution < -0.4 is 4.74 Å². The van der Waals surface area contributed by atoms with Crippen LogP contribution >= 0.6 is 0 Å². The number of rotatable bonds is 2. The smallest absolute Gasteiger partial charge is 0.228 e. The van der Waals surface area contributed by atoms with Crippen LogP contribution in [0.2, 0.25) is 0 Å². The van der Waals surface area contributed by atoms with Crippen molar-refractivity contribution in [2.45, 2.75) is 64.6 Å². The molecule has 0 N–H and O–H groups in total. The molecule has 2 unspecified atom stereocenters. The van der Waals surface area contributed by atoms with E-state index in [1.165, 1.54) is 0 Å². The van der Waals surface area contributed by atoms with Crippen LogP contribution in [0.3, 0.4) is 0 Å². The number of amides is 1. The summed E-state index contributed by atoms with van der Waals surface area (Å²) in [5.74, 6) is 0.976. The third kappa shape index (κ3) is 2.89. The van der Waals surface area contributed by atoms with Gasteiger partial charge in [-0.15, -0.1) is 0 Å². The van der Waals surface area contributed by atoms with Crippen molar-refractivity contribution in [3.05, 3.63) is 24.4 Å². The van der Waals surface area contributed by atoms with Crippen LogP contribution in [-0.4, -0.2) is 34.0 Å². The Hall–Kier alpha value is -1.58. The number of hydrogen-bond donors (Lipinski definition) is 0. The number of pyridine rings is 1. The minimum Gasteiger partial charge on any atom is -0.474 e. The number of nitrogens with zero attached hydrogens (tertiary/aromatic N) is 2. The number of fused-ring (bicyclic) bond motifs is 2. The molecular weight excluding hydrogens is 264 g/mol. The molecule has 0 aliphatic carbocycles. The van der Waals surface area contributed by atoms with Crippen molar-refractivity contribution in [3.8, 4) is 5.88 Å². The molecular formula is C17H24N2O2. The molecule has 2 atom stereocenters.